The minimum Gasteiger partial charge on any atom is -0.356 e. The number of rotatable bonds is 7. The van der Waals surface area contributed by atoms with Crippen molar-refractivity contribution in [1.82, 2.24) is 10.6 Å². The van der Waals surface area contributed by atoms with E-state index in [1.165, 1.54) is 5.56 Å². The van der Waals surface area contributed by atoms with Crippen LogP contribution in [0.5, 0.6) is 0 Å². The lowest BCUT2D eigenvalue weighted by atomic mass is 10.1. The van der Waals surface area contributed by atoms with E-state index in [4.69, 9.17) is 0 Å². The van der Waals surface area contributed by atoms with Gasteiger partial charge in [-0.2, -0.15) is 0 Å². The van der Waals surface area contributed by atoms with Crippen LogP contribution in [-0.4, -0.2) is 24.5 Å². The van der Waals surface area contributed by atoms with E-state index in [0.29, 0.717) is 6.42 Å². The molecule has 106 valence electrons. The van der Waals surface area contributed by atoms with Gasteiger partial charge in [0.1, 0.15) is 0 Å². The molecule has 1 rings (SSSR count). The van der Waals surface area contributed by atoms with Crippen LogP contribution in [0.2, 0.25) is 0 Å². The highest BCUT2D eigenvalue weighted by Gasteiger charge is 2.09. The van der Waals surface area contributed by atoms with Gasteiger partial charge in [0.25, 0.3) is 0 Å². The average Bonchev–Trinajstić information content (AvgIpc) is 2.34. The normalized spacial score (nSPS) is 11.3. The summed E-state index contributed by atoms with van der Waals surface area (Å²) in [7, 11) is 0. The van der Waals surface area contributed by atoms with E-state index in [0.717, 1.165) is 25.9 Å². The van der Waals surface area contributed by atoms with Crippen molar-refractivity contribution >= 4 is 5.91 Å². The lowest BCUT2D eigenvalue weighted by molar-refractivity contribution is -0.121. The van der Waals surface area contributed by atoms with Gasteiger partial charge in [-0.3, -0.25) is 4.79 Å². The zero-order valence-electron chi connectivity index (χ0n) is 12.3. The molecule has 2 N–H and O–H groups in total. The molecular weight excluding hydrogens is 236 g/mol. The van der Waals surface area contributed by atoms with Gasteiger partial charge in [-0.05, 0) is 39.2 Å². The Morgan fingerprint density at radius 2 is 1.79 bits per heavy atom. The summed E-state index contributed by atoms with van der Waals surface area (Å²) in [5, 5.41) is 6.27. The summed E-state index contributed by atoms with van der Waals surface area (Å²) in [4.78, 5) is 11.6. The lowest BCUT2D eigenvalue weighted by Crippen LogP contribution is -2.38. The molecule has 0 aliphatic carbocycles. The van der Waals surface area contributed by atoms with Gasteiger partial charge in [0.05, 0.1) is 0 Å². The largest absolute Gasteiger partial charge is 0.356 e. The van der Waals surface area contributed by atoms with Crippen LogP contribution in [0.3, 0.4) is 0 Å². The molecule has 0 heterocycles. The Balaban J connectivity index is 2.05. The molecule has 0 aliphatic rings. The van der Waals surface area contributed by atoms with E-state index < -0.39 is 0 Å². The lowest BCUT2D eigenvalue weighted by Gasteiger charge is -2.20. The summed E-state index contributed by atoms with van der Waals surface area (Å²) >= 11 is 0. The fraction of sp³-hybridized carbons (Fsp3) is 0.562. The van der Waals surface area contributed by atoms with Gasteiger partial charge in [0.2, 0.25) is 5.91 Å². The first-order valence-electron chi connectivity index (χ1n) is 7.03. The molecule has 19 heavy (non-hydrogen) atoms. The summed E-state index contributed by atoms with van der Waals surface area (Å²) in [6.45, 7) is 7.79. The van der Waals surface area contributed by atoms with Crippen molar-refractivity contribution in [2.24, 2.45) is 0 Å². The number of benzene rings is 1. The third-order valence-corrected chi connectivity index (χ3v) is 2.81. The third-order valence-electron chi connectivity index (χ3n) is 2.81. The van der Waals surface area contributed by atoms with Gasteiger partial charge < -0.3 is 10.6 Å². The van der Waals surface area contributed by atoms with Crippen LogP contribution in [0.4, 0.5) is 0 Å². The maximum atomic E-state index is 11.6. The molecule has 0 radical (unpaired) electrons. The summed E-state index contributed by atoms with van der Waals surface area (Å²) in [5.41, 5.74) is 1.40. The molecule has 0 aromatic heterocycles. The molecule has 3 nitrogen and oxygen atoms in total. The average molecular weight is 262 g/mol. The molecule has 0 spiro atoms. The Morgan fingerprint density at radius 1 is 1.11 bits per heavy atom. The predicted molar refractivity (Wildman–Crippen MR) is 80.1 cm³/mol. The van der Waals surface area contributed by atoms with Gasteiger partial charge in [0.15, 0.2) is 0 Å². The number of carbonyl (C=O) groups is 1. The Kier molecular flexibility index (Phi) is 6.57. The molecule has 0 saturated carbocycles. The molecule has 0 saturated heterocycles. The van der Waals surface area contributed by atoms with Gasteiger partial charge >= 0.3 is 0 Å². The van der Waals surface area contributed by atoms with E-state index in [1.54, 1.807) is 0 Å². The zero-order valence-corrected chi connectivity index (χ0v) is 12.3. The standard InChI is InChI=1S/C16H26N2O/c1-16(2,3)18-13-11-15(19)17-12-7-10-14-8-5-4-6-9-14/h4-6,8-9,18H,7,10-13H2,1-3H3,(H,17,19). The SMILES string of the molecule is CC(C)(C)NCCC(=O)NCCCc1ccccc1. The molecule has 0 atom stereocenters. The Morgan fingerprint density at radius 3 is 2.42 bits per heavy atom. The van der Waals surface area contributed by atoms with E-state index in [1.807, 2.05) is 18.2 Å². The maximum Gasteiger partial charge on any atom is 0.221 e. The third kappa shape index (κ3) is 8.38. The fourth-order valence-electron chi connectivity index (χ4n) is 1.80. The quantitative estimate of drug-likeness (QED) is 0.741. The molecule has 0 unspecified atom stereocenters. The van der Waals surface area contributed by atoms with Crippen molar-refractivity contribution in [3.63, 3.8) is 0 Å². The van der Waals surface area contributed by atoms with Gasteiger partial charge in [0, 0.05) is 25.0 Å². The Hall–Kier alpha value is -1.35. The molecule has 0 bridgehead atoms. The van der Waals surface area contributed by atoms with Crippen molar-refractivity contribution in [2.45, 2.75) is 45.6 Å². The second-order valence-electron chi connectivity index (χ2n) is 5.87. The maximum absolute atomic E-state index is 11.6. The first-order valence-corrected chi connectivity index (χ1v) is 7.03. The van der Waals surface area contributed by atoms with Crippen molar-refractivity contribution in [1.29, 1.82) is 0 Å². The van der Waals surface area contributed by atoms with Crippen molar-refractivity contribution < 1.29 is 4.79 Å². The first kappa shape index (κ1) is 15.7. The highest BCUT2D eigenvalue weighted by molar-refractivity contribution is 5.76. The van der Waals surface area contributed by atoms with E-state index >= 15 is 0 Å². The van der Waals surface area contributed by atoms with Gasteiger partial charge in [-0.15, -0.1) is 0 Å². The first-order chi connectivity index (χ1) is 8.97. The predicted octanol–water partition coefficient (Wildman–Crippen LogP) is 2.51. The van der Waals surface area contributed by atoms with Crippen LogP contribution in [-0.2, 0) is 11.2 Å². The van der Waals surface area contributed by atoms with Crippen LogP contribution < -0.4 is 10.6 Å². The number of nitrogens with one attached hydrogen (secondary N) is 2. The summed E-state index contributed by atoms with van der Waals surface area (Å²) in [5.74, 6) is 0.129. The second-order valence-corrected chi connectivity index (χ2v) is 5.87. The summed E-state index contributed by atoms with van der Waals surface area (Å²) in [6.07, 6.45) is 2.55. The van der Waals surface area contributed by atoms with Crippen LogP contribution in [0.1, 0.15) is 39.2 Å². The molecule has 1 aromatic rings. The number of hydrogen-bond donors (Lipinski definition) is 2. The van der Waals surface area contributed by atoms with E-state index in [2.05, 4.69) is 43.5 Å². The van der Waals surface area contributed by atoms with E-state index in [-0.39, 0.29) is 11.4 Å². The highest BCUT2D eigenvalue weighted by Crippen LogP contribution is 2.01. The van der Waals surface area contributed by atoms with Crippen LogP contribution in [0.15, 0.2) is 30.3 Å². The number of hydrogen-bond acceptors (Lipinski definition) is 2. The van der Waals surface area contributed by atoms with Gasteiger partial charge in [-0.1, -0.05) is 30.3 Å². The minimum atomic E-state index is 0.0770. The van der Waals surface area contributed by atoms with Crippen LogP contribution in [0.25, 0.3) is 0 Å². The minimum absolute atomic E-state index is 0.0770. The monoisotopic (exact) mass is 262 g/mol. The Labute approximate surface area is 116 Å². The molecule has 0 aliphatic heterocycles. The summed E-state index contributed by atoms with van der Waals surface area (Å²) < 4.78 is 0. The molecular formula is C16H26N2O. The zero-order chi connectivity index (χ0) is 14.1. The molecule has 0 fully saturated rings. The topological polar surface area (TPSA) is 41.1 Å². The van der Waals surface area contributed by atoms with Gasteiger partial charge in [-0.25, -0.2) is 0 Å². The highest BCUT2D eigenvalue weighted by atomic mass is 16.1. The molecule has 1 aromatic carbocycles. The summed E-state index contributed by atoms with van der Waals surface area (Å²) in [6, 6.07) is 10.4. The van der Waals surface area contributed by atoms with Crippen LogP contribution in [0, 0.1) is 0 Å². The molecule has 1 amide bonds. The Bertz CT molecular complexity index is 368. The second kappa shape index (κ2) is 7.95. The number of aryl methyl sites for hydroxylation is 1. The van der Waals surface area contributed by atoms with Crippen molar-refractivity contribution in [2.75, 3.05) is 13.1 Å². The van der Waals surface area contributed by atoms with Crippen molar-refractivity contribution in [3.05, 3.63) is 35.9 Å². The fourth-order valence-corrected chi connectivity index (χ4v) is 1.80. The number of amides is 1. The van der Waals surface area contributed by atoms with Crippen LogP contribution >= 0.6 is 0 Å². The smallest absolute Gasteiger partial charge is 0.221 e. The van der Waals surface area contributed by atoms with E-state index in [9.17, 15) is 4.79 Å². The number of carbonyl (C=O) groups excluding carboxylic acids is 1. The van der Waals surface area contributed by atoms with Crippen molar-refractivity contribution in [3.8, 4) is 0 Å². The molecule has 3 heteroatoms.